The number of fused-ring (bicyclic) bond motifs is 1. The number of piperazine rings is 1. The number of benzene rings is 1. The molecule has 2 aromatic rings. The molecule has 230 valence electrons. The maximum Gasteiger partial charge on any atom is 0.318 e. The molecule has 2 unspecified atom stereocenters. The highest BCUT2D eigenvalue weighted by Gasteiger charge is 2.42. The van der Waals surface area contributed by atoms with Gasteiger partial charge >= 0.3 is 6.01 Å². The molecule has 3 aliphatic rings. The number of nitriles is 1. The minimum Gasteiger partial charge on any atom is -0.461 e. The second kappa shape index (κ2) is 13.4. The van der Waals surface area contributed by atoms with Crippen LogP contribution in [0.5, 0.6) is 6.01 Å². The molecule has 5 rings (SSSR count). The van der Waals surface area contributed by atoms with Gasteiger partial charge in [0, 0.05) is 44.7 Å². The van der Waals surface area contributed by atoms with Crippen LogP contribution < -0.4 is 19.9 Å². The summed E-state index contributed by atoms with van der Waals surface area (Å²) in [5.41, 5.74) is 2.85. The number of halogens is 1. The van der Waals surface area contributed by atoms with E-state index in [1.165, 1.54) is 0 Å². The molecule has 1 saturated heterocycles. The lowest BCUT2D eigenvalue weighted by Crippen LogP contribution is -2.51. The van der Waals surface area contributed by atoms with Crippen LogP contribution in [0, 0.1) is 11.3 Å². The topological polar surface area (TPSA) is 101 Å². The van der Waals surface area contributed by atoms with E-state index in [-0.39, 0.29) is 23.5 Å². The number of anilines is 2. The summed E-state index contributed by atoms with van der Waals surface area (Å²) in [6.07, 6.45) is 7.96. The third-order valence-electron chi connectivity index (χ3n) is 9.12. The molecule has 43 heavy (non-hydrogen) atoms. The molecule has 3 atom stereocenters. The zero-order valence-corrected chi connectivity index (χ0v) is 26.5. The third kappa shape index (κ3) is 6.84. The standard InChI is InChI=1S/C32H43ClN8O2/c1-5-15-39-17-18-41(20-25(39)11-14-34)30-26-12-16-40(29-9-7-6-8-27(29)33)21-28(26)36-31(37-30)43-22-32(38(3)4)13-10-24(19-32)35-23(2)42/h5-9,15,24-25H,10-13,16-22H2,1-4H3,(H,35,42)/t24?,25-,32?/m0/s1. The Morgan fingerprint density at radius 2 is 2.07 bits per heavy atom. The van der Waals surface area contributed by atoms with Gasteiger partial charge in [-0.2, -0.15) is 15.2 Å². The summed E-state index contributed by atoms with van der Waals surface area (Å²) in [5.74, 6) is 0.902. The van der Waals surface area contributed by atoms with Crippen molar-refractivity contribution in [3.05, 3.63) is 52.8 Å². The van der Waals surface area contributed by atoms with Gasteiger partial charge in [0.2, 0.25) is 5.91 Å². The van der Waals surface area contributed by atoms with Gasteiger partial charge in [-0.25, -0.2) is 0 Å². The van der Waals surface area contributed by atoms with E-state index >= 15 is 0 Å². The number of para-hydroxylation sites is 1. The Hall–Kier alpha value is -3.55. The summed E-state index contributed by atoms with van der Waals surface area (Å²) in [6.45, 7) is 7.73. The molecule has 1 saturated carbocycles. The quantitative estimate of drug-likeness (QED) is 0.454. The maximum absolute atomic E-state index is 11.7. The molecule has 1 amide bonds. The number of rotatable bonds is 9. The SMILES string of the molecule is CC=CN1CCN(c2nc(OCC3(N(C)C)CCC(NC(C)=O)C3)nc3c2CCN(c2ccccc2Cl)C3)C[C@@H]1CC#N. The van der Waals surface area contributed by atoms with Crippen LogP contribution in [0.2, 0.25) is 5.02 Å². The van der Waals surface area contributed by atoms with Crippen molar-refractivity contribution < 1.29 is 9.53 Å². The molecule has 1 aromatic carbocycles. The van der Waals surface area contributed by atoms with Crippen LogP contribution in [-0.2, 0) is 17.8 Å². The number of nitrogens with one attached hydrogen (secondary N) is 1. The first-order valence-electron chi connectivity index (χ1n) is 15.2. The van der Waals surface area contributed by atoms with Gasteiger partial charge in [0.15, 0.2) is 0 Å². The Balaban J connectivity index is 1.45. The first-order chi connectivity index (χ1) is 20.7. The Labute approximate surface area is 260 Å². The minimum absolute atomic E-state index is 0.00422. The van der Waals surface area contributed by atoms with Crippen LogP contribution >= 0.6 is 11.6 Å². The first-order valence-corrected chi connectivity index (χ1v) is 15.6. The lowest BCUT2D eigenvalue weighted by Gasteiger charge is -2.42. The molecule has 3 heterocycles. The average Bonchev–Trinajstić information content (AvgIpc) is 3.40. The normalized spacial score (nSPS) is 23.9. The first kappa shape index (κ1) is 30.9. The number of likely N-dealkylation sites (N-methyl/N-ethyl adjacent to an activating group) is 1. The molecular formula is C32H43ClN8O2. The predicted molar refractivity (Wildman–Crippen MR) is 169 cm³/mol. The molecular weight excluding hydrogens is 564 g/mol. The highest BCUT2D eigenvalue weighted by molar-refractivity contribution is 6.33. The van der Waals surface area contributed by atoms with E-state index in [0.29, 0.717) is 32.1 Å². The predicted octanol–water partition coefficient (Wildman–Crippen LogP) is 4.00. The zero-order chi connectivity index (χ0) is 30.6. The summed E-state index contributed by atoms with van der Waals surface area (Å²) < 4.78 is 6.48. The molecule has 2 aliphatic heterocycles. The van der Waals surface area contributed by atoms with Crippen LogP contribution in [0.1, 0.15) is 50.8 Å². The number of carbonyl (C=O) groups excluding carboxylic acids is 1. The highest BCUT2D eigenvalue weighted by Crippen LogP contribution is 2.37. The van der Waals surface area contributed by atoms with E-state index in [0.717, 1.165) is 73.1 Å². The molecule has 0 spiro atoms. The lowest BCUT2D eigenvalue weighted by atomic mass is 9.97. The van der Waals surface area contributed by atoms with E-state index < -0.39 is 0 Å². The minimum atomic E-state index is -0.230. The van der Waals surface area contributed by atoms with Gasteiger partial charge in [-0.1, -0.05) is 29.8 Å². The van der Waals surface area contributed by atoms with Crippen molar-refractivity contribution in [3.8, 4) is 12.1 Å². The van der Waals surface area contributed by atoms with Gasteiger partial charge in [-0.05, 0) is 65.0 Å². The van der Waals surface area contributed by atoms with Gasteiger partial charge in [0.05, 0.1) is 47.0 Å². The lowest BCUT2D eigenvalue weighted by molar-refractivity contribution is -0.119. The molecule has 1 aliphatic carbocycles. The molecule has 0 bridgehead atoms. The Morgan fingerprint density at radius 1 is 1.26 bits per heavy atom. The number of amides is 1. The second-order valence-corrected chi connectivity index (χ2v) is 12.5. The Kier molecular flexibility index (Phi) is 9.62. The molecule has 1 N–H and O–H groups in total. The number of nitrogens with zero attached hydrogens (tertiary/aromatic N) is 7. The van der Waals surface area contributed by atoms with E-state index in [2.05, 4.69) is 51.3 Å². The van der Waals surface area contributed by atoms with Crippen LogP contribution in [0.25, 0.3) is 0 Å². The fourth-order valence-corrected chi connectivity index (χ4v) is 7.00. The van der Waals surface area contributed by atoms with E-state index in [4.69, 9.17) is 26.3 Å². The van der Waals surface area contributed by atoms with E-state index in [1.807, 2.05) is 37.3 Å². The summed E-state index contributed by atoms with van der Waals surface area (Å²) >= 11 is 6.59. The summed E-state index contributed by atoms with van der Waals surface area (Å²) in [4.78, 5) is 30.8. The van der Waals surface area contributed by atoms with Crippen molar-refractivity contribution in [2.45, 2.75) is 70.1 Å². The molecule has 10 nitrogen and oxygen atoms in total. The van der Waals surface area contributed by atoms with Crippen LogP contribution in [0.4, 0.5) is 11.5 Å². The summed E-state index contributed by atoms with van der Waals surface area (Å²) in [6, 6.07) is 10.9. The van der Waals surface area contributed by atoms with Crippen molar-refractivity contribution >= 4 is 29.0 Å². The average molecular weight is 607 g/mol. The monoisotopic (exact) mass is 606 g/mol. The molecule has 1 aromatic heterocycles. The van der Waals surface area contributed by atoms with Gasteiger partial charge in [0.25, 0.3) is 0 Å². The van der Waals surface area contributed by atoms with E-state index in [1.54, 1.807) is 6.92 Å². The number of ether oxygens (including phenoxy) is 1. The van der Waals surface area contributed by atoms with Gasteiger partial charge < -0.3 is 29.7 Å². The van der Waals surface area contributed by atoms with Crippen molar-refractivity contribution in [3.63, 3.8) is 0 Å². The number of hydrogen-bond acceptors (Lipinski definition) is 9. The van der Waals surface area contributed by atoms with Gasteiger partial charge in [-0.3, -0.25) is 4.79 Å². The summed E-state index contributed by atoms with van der Waals surface area (Å²) in [5, 5.41) is 13.4. The molecule has 11 heteroatoms. The van der Waals surface area contributed by atoms with Crippen molar-refractivity contribution in [1.82, 2.24) is 25.1 Å². The van der Waals surface area contributed by atoms with Crippen molar-refractivity contribution in [1.29, 1.82) is 5.26 Å². The van der Waals surface area contributed by atoms with Gasteiger partial charge in [0.1, 0.15) is 12.4 Å². The Morgan fingerprint density at radius 3 is 2.79 bits per heavy atom. The van der Waals surface area contributed by atoms with Crippen molar-refractivity contribution in [2.75, 3.05) is 56.7 Å². The van der Waals surface area contributed by atoms with E-state index in [9.17, 15) is 10.1 Å². The number of aromatic nitrogens is 2. The summed E-state index contributed by atoms with van der Waals surface area (Å²) in [7, 11) is 4.14. The fraction of sp³-hybridized carbons (Fsp3) is 0.562. The maximum atomic E-state index is 11.7. The number of allylic oxidation sites excluding steroid dienone is 1. The zero-order valence-electron chi connectivity index (χ0n) is 25.7. The number of hydrogen-bond donors (Lipinski definition) is 1. The smallest absolute Gasteiger partial charge is 0.318 e. The number of carbonyl (C=O) groups is 1. The van der Waals surface area contributed by atoms with Crippen LogP contribution in [0.3, 0.4) is 0 Å². The van der Waals surface area contributed by atoms with Crippen LogP contribution in [0.15, 0.2) is 36.5 Å². The molecule has 0 radical (unpaired) electrons. The van der Waals surface area contributed by atoms with Gasteiger partial charge in [-0.15, -0.1) is 0 Å². The third-order valence-corrected chi connectivity index (χ3v) is 9.44. The second-order valence-electron chi connectivity index (χ2n) is 12.1. The van der Waals surface area contributed by atoms with Crippen LogP contribution in [-0.4, -0.2) is 90.2 Å². The largest absolute Gasteiger partial charge is 0.461 e. The van der Waals surface area contributed by atoms with Crippen molar-refractivity contribution in [2.24, 2.45) is 0 Å². The Bertz CT molecular complexity index is 1380. The molecule has 2 fully saturated rings. The highest BCUT2D eigenvalue weighted by atomic mass is 35.5. The fourth-order valence-electron chi connectivity index (χ4n) is 6.75.